The fourth-order valence-corrected chi connectivity index (χ4v) is 4.76. The Morgan fingerprint density at radius 3 is 2.41 bits per heavy atom. The third-order valence-electron chi connectivity index (χ3n) is 6.41. The minimum absolute atomic E-state index is 0.0394. The SMILES string of the molecule is COc1cccc(CN2CCc3cc(OC)c(OC)cc3[C@H]2[C@H](C)NC(=O)c2ccccc2)c1. The van der Waals surface area contributed by atoms with Crippen LogP contribution in [0.2, 0.25) is 0 Å². The van der Waals surface area contributed by atoms with Gasteiger partial charge in [0.05, 0.1) is 27.4 Å². The molecular formula is C28H32N2O4. The number of amides is 1. The van der Waals surface area contributed by atoms with Gasteiger partial charge >= 0.3 is 0 Å². The molecule has 3 aromatic carbocycles. The van der Waals surface area contributed by atoms with Gasteiger partial charge in [0.25, 0.3) is 5.91 Å². The molecule has 1 N–H and O–H groups in total. The van der Waals surface area contributed by atoms with Crippen LogP contribution in [-0.4, -0.2) is 44.7 Å². The lowest BCUT2D eigenvalue weighted by atomic mass is 9.87. The van der Waals surface area contributed by atoms with Gasteiger partial charge in [0, 0.05) is 24.7 Å². The van der Waals surface area contributed by atoms with Crippen LogP contribution in [0, 0.1) is 0 Å². The summed E-state index contributed by atoms with van der Waals surface area (Å²) < 4.78 is 16.6. The first-order chi connectivity index (χ1) is 16.5. The lowest BCUT2D eigenvalue weighted by molar-refractivity contribution is 0.0877. The van der Waals surface area contributed by atoms with E-state index in [4.69, 9.17) is 14.2 Å². The maximum absolute atomic E-state index is 13.0. The maximum atomic E-state index is 13.0. The Kier molecular flexibility index (Phi) is 7.38. The van der Waals surface area contributed by atoms with E-state index in [0.717, 1.165) is 42.1 Å². The van der Waals surface area contributed by atoms with E-state index < -0.39 is 0 Å². The number of hydrogen-bond acceptors (Lipinski definition) is 5. The van der Waals surface area contributed by atoms with Crippen LogP contribution in [0.15, 0.2) is 66.7 Å². The van der Waals surface area contributed by atoms with E-state index >= 15 is 0 Å². The summed E-state index contributed by atoms with van der Waals surface area (Å²) in [7, 11) is 4.99. The second-order valence-corrected chi connectivity index (χ2v) is 8.55. The predicted octanol–water partition coefficient (Wildman–Crippen LogP) is 4.63. The monoisotopic (exact) mass is 460 g/mol. The number of rotatable bonds is 8. The van der Waals surface area contributed by atoms with Crippen molar-refractivity contribution in [2.75, 3.05) is 27.9 Å². The smallest absolute Gasteiger partial charge is 0.251 e. The highest BCUT2D eigenvalue weighted by Gasteiger charge is 2.34. The van der Waals surface area contributed by atoms with Crippen LogP contribution in [0.5, 0.6) is 17.2 Å². The average molecular weight is 461 g/mol. The van der Waals surface area contributed by atoms with Crippen molar-refractivity contribution in [2.45, 2.75) is 32.0 Å². The molecule has 0 saturated carbocycles. The van der Waals surface area contributed by atoms with Crippen LogP contribution in [-0.2, 0) is 13.0 Å². The van der Waals surface area contributed by atoms with Gasteiger partial charge in [0.2, 0.25) is 0 Å². The lowest BCUT2D eigenvalue weighted by Crippen LogP contribution is -2.47. The minimum atomic E-state index is -0.143. The Bertz CT molecular complexity index is 1130. The number of fused-ring (bicyclic) bond motifs is 1. The summed E-state index contributed by atoms with van der Waals surface area (Å²) in [5, 5.41) is 3.23. The highest BCUT2D eigenvalue weighted by atomic mass is 16.5. The van der Waals surface area contributed by atoms with Gasteiger partial charge in [-0.1, -0.05) is 30.3 Å². The molecule has 0 unspecified atom stereocenters. The van der Waals surface area contributed by atoms with E-state index in [0.29, 0.717) is 11.3 Å². The molecule has 6 heteroatoms. The number of benzene rings is 3. The number of nitrogens with one attached hydrogen (secondary N) is 1. The first-order valence-electron chi connectivity index (χ1n) is 11.5. The van der Waals surface area contributed by atoms with E-state index in [-0.39, 0.29) is 18.0 Å². The molecule has 1 aliphatic heterocycles. The van der Waals surface area contributed by atoms with Gasteiger partial charge in [-0.25, -0.2) is 0 Å². The lowest BCUT2D eigenvalue weighted by Gasteiger charge is -2.41. The predicted molar refractivity (Wildman–Crippen MR) is 133 cm³/mol. The number of carbonyl (C=O) groups excluding carboxylic acids is 1. The van der Waals surface area contributed by atoms with Crippen LogP contribution in [0.4, 0.5) is 0 Å². The Labute approximate surface area is 201 Å². The van der Waals surface area contributed by atoms with Crippen molar-refractivity contribution < 1.29 is 19.0 Å². The Morgan fingerprint density at radius 2 is 1.71 bits per heavy atom. The quantitative estimate of drug-likeness (QED) is 0.531. The molecule has 1 aliphatic rings. The summed E-state index contributed by atoms with van der Waals surface area (Å²) in [4.78, 5) is 15.4. The summed E-state index contributed by atoms with van der Waals surface area (Å²) in [5.74, 6) is 2.17. The molecular weight excluding hydrogens is 428 g/mol. The fourth-order valence-electron chi connectivity index (χ4n) is 4.76. The van der Waals surface area contributed by atoms with Crippen molar-refractivity contribution in [3.05, 3.63) is 89.0 Å². The second kappa shape index (κ2) is 10.6. The van der Waals surface area contributed by atoms with Gasteiger partial charge in [-0.15, -0.1) is 0 Å². The molecule has 178 valence electrons. The van der Waals surface area contributed by atoms with Crippen molar-refractivity contribution in [3.63, 3.8) is 0 Å². The molecule has 1 amide bonds. The molecule has 6 nitrogen and oxygen atoms in total. The number of carbonyl (C=O) groups is 1. The normalized spacial score (nSPS) is 16.3. The largest absolute Gasteiger partial charge is 0.497 e. The molecule has 3 aromatic rings. The number of ether oxygens (including phenoxy) is 3. The van der Waals surface area contributed by atoms with Crippen molar-refractivity contribution >= 4 is 5.91 Å². The van der Waals surface area contributed by atoms with Gasteiger partial charge in [0.15, 0.2) is 11.5 Å². The topological polar surface area (TPSA) is 60.0 Å². The molecule has 0 aliphatic carbocycles. The van der Waals surface area contributed by atoms with Crippen molar-refractivity contribution in [1.82, 2.24) is 10.2 Å². The Balaban J connectivity index is 1.69. The van der Waals surface area contributed by atoms with Crippen LogP contribution < -0.4 is 19.5 Å². The van der Waals surface area contributed by atoms with Crippen molar-refractivity contribution in [1.29, 1.82) is 0 Å². The maximum Gasteiger partial charge on any atom is 0.251 e. The second-order valence-electron chi connectivity index (χ2n) is 8.55. The third kappa shape index (κ3) is 5.02. The average Bonchev–Trinajstić information content (AvgIpc) is 2.88. The highest BCUT2D eigenvalue weighted by molar-refractivity contribution is 5.94. The van der Waals surface area contributed by atoms with Gasteiger partial charge in [0.1, 0.15) is 5.75 Å². The molecule has 0 aromatic heterocycles. The highest BCUT2D eigenvalue weighted by Crippen LogP contribution is 2.40. The first-order valence-corrected chi connectivity index (χ1v) is 11.5. The van der Waals surface area contributed by atoms with E-state index in [9.17, 15) is 4.79 Å². The first kappa shape index (κ1) is 23.6. The molecule has 0 radical (unpaired) electrons. The van der Waals surface area contributed by atoms with E-state index in [1.807, 2.05) is 42.5 Å². The standard InChI is InChI=1S/C28H32N2O4/c1-19(29-28(31)21-10-6-5-7-11-21)27-24-17-26(34-4)25(33-3)16-22(24)13-14-30(27)18-20-9-8-12-23(15-20)32-2/h5-12,15-17,19,27H,13-14,18H2,1-4H3,(H,29,31)/t19-,27+/m0/s1. The van der Waals surface area contributed by atoms with Gasteiger partial charge in [-0.3, -0.25) is 9.69 Å². The molecule has 4 rings (SSSR count). The van der Waals surface area contributed by atoms with Crippen LogP contribution >= 0.6 is 0 Å². The minimum Gasteiger partial charge on any atom is -0.497 e. The van der Waals surface area contributed by atoms with Crippen LogP contribution in [0.1, 0.15) is 40.0 Å². The van der Waals surface area contributed by atoms with E-state index in [1.54, 1.807) is 21.3 Å². The van der Waals surface area contributed by atoms with E-state index in [1.165, 1.54) is 5.56 Å². The zero-order valence-corrected chi connectivity index (χ0v) is 20.2. The van der Waals surface area contributed by atoms with Crippen LogP contribution in [0.25, 0.3) is 0 Å². The van der Waals surface area contributed by atoms with Gasteiger partial charge in [-0.05, 0) is 66.4 Å². The van der Waals surface area contributed by atoms with Gasteiger partial charge in [-0.2, -0.15) is 0 Å². The molecule has 0 bridgehead atoms. The summed E-state index contributed by atoms with van der Waals surface area (Å²) in [6, 6.07) is 21.4. The van der Waals surface area contributed by atoms with Crippen molar-refractivity contribution in [2.24, 2.45) is 0 Å². The summed E-state index contributed by atoms with van der Waals surface area (Å²) >= 11 is 0. The Morgan fingerprint density at radius 1 is 0.971 bits per heavy atom. The number of nitrogens with zero attached hydrogens (tertiary/aromatic N) is 1. The third-order valence-corrected chi connectivity index (χ3v) is 6.41. The van der Waals surface area contributed by atoms with E-state index in [2.05, 4.69) is 41.4 Å². The number of methoxy groups -OCH3 is 3. The molecule has 0 fully saturated rings. The number of hydrogen-bond donors (Lipinski definition) is 1. The zero-order valence-electron chi connectivity index (χ0n) is 20.2. The zero-order chi connectivity index (χ0) is 24.1. The van der Waals surface area contributed by atoms with Crippen molar-refractivity contribution in [3.8, 4) is 17.2 Å². The molecule has 0 saturated heterocycles. The molecule has 0 spiro atoms. The van der Waals surface area contributed by atoms with Gasteiger partial charge < -0.3 is 19.5 Å². The summed E-state index contributed by atoms with van der Waals surface area (Å²) in [5.41, 5.74) is 4.17. The Hall–Kier alpha value is -3.51. The summed E-state index contributed by atoms with van der Waals surface area (Å²) in [6.07, 6.45) is 0.884. The van der Waals surface area contributed by atoms with Crippen LogP contribution in [0.3, 0.4) is 0 Å². The molecule has 1 heterocycles. The fraction of sp³-hybridized carbons (Fsp3) is 0.321. The summed E-state index contributed by atoms with van der Waals surface area (Å²) in [6.45, 7) is 3.66. The molecule has 34 heavy (non-hydrogen) atoms. The molecule has 2 atom stereocenters.